The highest BCUT2D eigenvalue weighted by atomic mass is 35.5. The second-order valence-corrected chi connectivity index (χ2v) is 11.0. The third kappa shape index (κ3) is 4.55. The van der Waals surface area contributed by atoms with Crippen molar-refractivity contribution in [1.29, 1.82) is 0 Å². The van der Waals surface area contributed by atoms with Crippen LogP contribution in [0.4, 0.5) is 15.9 Å². The van der Waals surface area contributed by atoms with Crippen LogP contribution in [-0.4, -0.2) is 69.0 Å². The number of aromatic hydroxyl groups is 1. The van der Waals surface area contributed by atoms with Gasteiger partial charge in [0, 0.05) is 62.5 Å². The van der Waals surface area contributed by atoms with Crippen LogP contribution in [0.2, 0.25) is 5.02 Å². The first-order valence-electron chi connectivity index (χ1n) is 13.9. The number of nitrogens with zero attached hydrogens (tertiary/aromatic N) is 5. The van der Waals surface area contributed by atoms with Crippen molar-refractivity contribution in [3.63, 3.8) is 0 Å². The van der Waals surface area contributed by atoms with Crippen LogP contribution in [0.5, 0.6) is 17.2 Å². The number of fused-ring (bicyclic) bond motifs is 3. The molecule has 0 radical (unpaired) electrons. The highest BCUT2D eigenvalue weighted by Gasteiger charge is 2.31. The summed E-state index contributed by atoms with van der Waals surface area (Å²) in [6.45, 7) is 2.55. The fourth-order valence-corrected chi connectivity index (χ4v) is 6.02. The first-order chi connectivity index (χ1) is 21.2. The molecule has 0 atom stereocenters. The minimum absolute atomic E-state index is 0.0521. The number of aryl methyl sites for hydroxylation is 1. The third-order valence-corrected chi connectivity index (χ3v) is 8.30. The first-order valence-corrected chi connectivity index (χ1v) is 14.3. The Morgan fingerprint density at radius 3 is 2.68 bits per heavy atom. The number of piperazine rings is 1. The number of benzene rings is 1. The lowest BCUT2D eigenvalue weighted by Gasteiger charge is -2.28. The Kier molecular flexibility index (Phi) is 6.77. The van der Waals surface area contributed by atoms with Crippen LogP contribution in [0, 0.1) is 5.95 Å². The monoisotopic (exact) mass is 624 g/mol. The average Bonchev–Trinajstić information content (AvgIpc) is 3.76. The van der Waals surface area contributed by atoms with Crippen molar-refractivity contribution in [2.24, 2.45) is 5.73 Å². The summed E-state index contributed by atoms with van der Waals surface area (Å²) in [4.78, 5) is 49.9. The number of ether oxygens (including phenoxy) is 2. The van der Waals surface area contributed by atoms with Crippen LogP contribution in [0.1, 0.15) is 22.6 Å². The smallest absolute Gasteiger partial charge is 0.263 e. The van der Waals surface area contributed by atoms with E-state index in [-0.39, 0.29) is 63.3 Å². The molecule has 4 aromatic rings. The Bertz CT molecular complexity index is 1940. The van der Waals surface area contributed by atoms with Gasteiger partial charge in [-0.3, -0.25) is 19.0 Å². The Morgan fingerprint density at radius 2 is 1.91 bits per heavy atom. The SMILES string of the molecule is NC(=O)c1cc(-c2cn(CC(=O)Nc3cc(N4CCNCC4)nc(F)c3Cl)c3nc4n(c(=O)c23)CCC4)c2c(c1O)OCO2. The fourth-order valence-electron chi connectivity index (χ4n) is 5.87. The summed E-state index contributed by atoms with van der Waals surface area (Å²) in [6.07, 6.45) is 2.84. The number of pyridine rings is 1. The Morgan fingerprint density at radius 1 is 1.14 bits per heavy atom. The van der Waals surface area contributed by atoms with E-state index >= 15 is 0 Å². The van der Waals surface area contributed by atoms with Gasteiger partial charge in [0.25, 0.3) is 11.5 Å². The molecule has 0 aliphatic carbocycles. The number of phenols is 1. The predicted molar refractivity (Wildman–Crippen MR) is 157 cm³/mol. The van der Waals surface area contributed by atoms with Crippen LogP contribution in [0.3, 0.4) is 0 Å². The summed E-state index contributed by atoms with van der Waals surface area (Å²) in [5.41, 5.74) is 5.78. The second-order valence-electron chi connectivity index (χ2n) is 10.6. The van der Waals surface area contributed by atoms with E-state index in [9.17, 15) is 23.9 Å². The van der Waals surface area contributed by atoms with Crippen LogP contribution in [0.15, 0.2) is 23.1 Å². The molecule has 0 bridgehead atoms. The van der Waals surface area contributed by atoms with E-state index in [1.165, 1.54) is 22.9 Å². The topological polar surface area (TPSA) is 179 Å². The highest BCUT2D eigenvalue weighted by molar-refractivity contribution is 6.33. The zero-order valence-corrected chi connectivity index (χ0v) is 23.9. The number of aromatic nitrogens is 4. The predicted octanol–water partition coefficient (Wildman–Crippen LogP) is 1.58. The number of hydrogen-bond acceptors (Lipinski definition) is 10. The molecule has 3 aliphatic heterocycles. The Labute approximate surface area is 253 Å². The van der Waals surface area contributed by atoms with Crippen molar-refractivity contribution < 1.29 is 28.6 Å². The van der Waals surface area contributed by atoms with E-state index in [0.29, 0.717) is 56.4 Å². The van der Waals surface area contributed by atoms with Gasteiger partial charge in [-0.15, -0.1) is 0 Å². The minimum Gasteiger partial charge on any atom is -0.504 e. The molecular weight excluding hydrogens is 599 g/mol. The molecule has 44 heavy (non-hydrogen) atoms. The van der Waals surface area contributed by atoms with Gasteiger partial charge in [-0.1, -0.05) is 11.6 Å². The van der Waals surface area contributed by atoms with Crippen molar-refractivity contribution >= 4 is 46.0 Å². The Hall–Kier alpha value is -4.89. The maximum atomic E-state index is 14.7. The maximum absolute atomic E-state index is 14.7. The van der Waals surface area contributed by atoms with E-state index in [1.54, 1.807) is 4.57 Å². The first kappa shape index (κ1) is 27.9. The summed E-state index contributed by atoms with van der Waals surface area (Å²) >= 11 is 6.19. The van der Waals surface area contributed by atoms with Gasteiger partial charge < -0.3 is 40.4 Å². The summed E-state index contributed by atoms with van der Waals surface area (Å²) in [5, 5.41) is 16.3. The normalized spacial score (nSPS) is 15.5. The van der Waals surface area contributed by atoms with Gasteiger partial charge in [0.05, 0.1) is 16.6 Å². The summed E-state index contributed by atoms with van der Waals surface area (Å²) in [7, 11) is 0. The van der Waals surface area contributed by atoms with Gasteiger partial charge in [0.2, 0.25) is 24.4 Å². The minimum atomic E-state index is -0.914. The lowest BCUT2D eigenvalue weighted by Crippen LogP contribution is -2.44. The largest absolute Gasteiger partial charge is 0.504 e. The number of carbonyl (C=O) groups excluding carboxylic acids is 2. The fraction of sp³-hybridized carbons (Fsp3) is 0.321. The average molecular weight is 625 g/mol. The zero-order valence-electron chi connectivity index (χ0n) is 23.2. The lowest BCUT2D eigenvalue weighted by atomic mass is 10.00. The molecule has 5 N–H and O–H groups in total. The number of carbonyl (C=O) groups is 2. The van der Waals surface area contributed by atoms with Gasteiger partial charge in [0.15, 0.2) is 11.5 Å². The summed E-state index contributed by atoms with van der Waals surface area (Å²) in [5.74, 6) is -1.93. The summed E-state index contributed by atoms with van der Waals surface area (Å²) in [6, 6.07) is 2.84. The number of halogens is 2. The van der Waals surface area contributed by atoms with Gasteiger partial charge in [0.1, 0.15) is 28.9 Å². The quantitative estimate of drug-likeness (QED) is 0.230. The molecule has 1 aromatic carbocycles. The molecular formula is C28H26ClFN8O6. The molecule has 1 fully saturated rings. The van der Waals surface area contributed by atoms with Crippen LogP contribution in [0.25, 0.3) is 22.2 Å². The molecule has 0 spiro atoms. The van der Waals surface area contributed by atoms with Gasteiger partial charge in [-0.2, -0.15) is 4.39 Å². The summed E-state index contributed by atoms with van der Waals surface area (Å²) < 4.78 is 28.8. The number of primary amides is 1. The van der Waals surface area contributed by atoms with Gasteiger partial charge in [-0.05, 0) is 12.5 Å². The molecule has 1 saturated heterocycles. The van der Waals surface area contributed by atoms with E-state index < -0.39 is 23.5 Å². The highest BCUT2D eigenvalue weighted by Crippen LogP contribution is 2.50. The number of anilines is 2. The van der Waals surface area contributed by atoms with Crippen molar-refractivity contribution in [2.75, 3.05) is 43.2 Å². The molecule has 6 heterocycles. The Balaban J connectivity index is 1.31. The maximum Gasteiger partial charge on any atom is 0.263 e. The molecule has 3 aromatic heterocycles. The molecule has 3 aliphatic rings. The molecule has 14 nitrogen and oxygen atoms in total. The van der Waals surface area contributed by atoms with Crippen molar-refractivity contribution in [3.05, 3.63) is 51.0 Å². The zero-order chi connectivity index (χ0) is 30.7. The van der Waals surface area contributed by atoms with E-state index in [0.717, 1.165) is 6.42 Å². The van der Waals surface area contributed by atoms with E-state index in [1.807, 2.05) is 4.90 Å². The third-order valence-electron chi connectivity index (χ3n) is 7.94. The van der Waals surface area contributed by atoms with Crippen molar-refractivity contribution in [2.45, 2.75) is 25.9 Å². The number of amides is 2. The molecule has 16 heteroatoms. The second kappa shape index (κ2) is 10.7. The molecule has 228 valence electrons. The standard InChI is InChI=1S/C28H26ClFN8O6/c29-21-16(9-18(34-25(21)30)36-6-3-32-4-7-36)33-19(39)11-37-10-15(20-27(37)35-17-2-1-5-38(17)28(20)42)13-8-14(26(31)41)22(40)24-23(13)43-12-44-24/h8-10,32,40H,1-7,11-12H2,(H2,31,41)(H,33,34,39). The van der Waals surface area contributed by atoms with Gasteiger partial charge in [-0.25, -0.2) is 9.97 Å². The molecule has 7 rings (SSSR count). The number of nitrogens with two attached hydrogens (primary N) is 1. The van der Waals surface area contributed by atoms with Crippen LogP contribution < -0.4 is 36.3 Å². The van der Waals surface area contributed by atoms with E-state index in [2.05, 4.69) is 15.6 Å². The van der Waals surface area contributed by atoms with Gasteiger partial charge >= 0.3 is 0 Å². The lowest BCUT2D eigenvalue weighted by molar-refractivity contribution is -0.116. The molecule has 0 unspecified atom stereocenters. The van der Waals surface area contributed by atoms with Crippen molar-refractivity contribution in [3.8, 4) is 28.4 Å². The van der Waals surface area contributed by atoms with Crippen LogP contribution in [-0.2, 0) is 24.3 Å². The van der Waals surface area contributed by atoms with Crippen LogP contribution >= 0.6 is 11.6 Å². The molecule has 2 amide bonds. The number of rotatable bonds is 6. The van der Waals surface area contributed by atoms with E-state index in [4.69, 9.17) is 31.8 Å². The molecule has 0 saturated carbocycles. The number of hydrogen-bond donors (Lipinski definition) is 4. The number of nitrogens with one attached hydrogen (secondary N) is 2. The van der Waals surface area contributed by atoms with Crippen molar-refractivity contribution in [1.82, 2.24) is 24.4 Å².